The van der Waals surface area contributed by atoms with Crippen LogP contribution in [-0.2, 0) is 0 Å². The smallest absolute Gasteiger partial charge is 0.272 e. The van der Waals surface area contributed by atoms with Crippen molar-refractivity contribution in [3.05, 3.63) is 38.4 Å². The molecule has 1 aromatic carbocycles. The fourth-order valence-corrected chi connectivity index (χ4v) is 1.62. The van der Waals surface area contributed by atoms with Gasteiger partial charge in [0.2, 0.25) is 0 Å². The Morgan fingerprint density at radius 2 is 2.05 bits per heavy atom. The summed E-state index contributed by atoms with van der Waals surface area (Å²) < 4.78 is 0. The van der Waals surface area contributed by atoms with E-state index in [0.717, 1.165) is 25.3 Å². The van der Waals surface area contributed by atoms with E-state index in [0.29, 0.717) is 5.92 Å². The molecule has 0 aliphatic rings. The highest BCUT2D eigenvalue weighted by atomic mass is 16.6. The van der Waals surface area contributed by atoms with Crippen molar-refractivity contribution in [1.29, 1.82) is 0 Å². The van der Waals surface area contributed by atoms with E-state index in [4.69, 9.17) is 0 Å². The van der Waals surface area contributed by atoms with Crippen molar-refractivity contribution in [2.24, 2.45) is 11.0 Å². The molecule has 0 heterocycles. The zero-order valence-corrected chi connectivity index (χ0v) is 12.0. The zero-order valence-electron chi connectivity index (χ0n) is 12.0. The van der Waals surface area contributed by atoms with Crippen molar-refractivity contribution in [1.82, 2.24) is 0 Å². The summed E-state index contributed by atoms with van der Waals surface area (Å²) in [6.45, 7) is 4.25. The van der Waals surface area contributed by atoms with Crippen molar-refractivity contribution in [3.8, 4) is 0 Å². The molecule has 8 heteroatoms. The van der Waals surface area contributed by atoms with Crippen molar-refractivity contribution >= 4 is 23.3 Å². The first-order valence-electron chi connectivity index (χ1n) is 6.66. The maximum Gasteiger partial charge on any atom is 0.301 e. The highest BCUT2D eigenvalue weighted by Crippen LogP contribution is 2.28. The van der Waals surface area contributed by atoms with Crippen molar-refractivity contribution in [2.75, 3.05) is 5.43 Å². The van der Waals surface area contributed by atoms with Gasteiger partial charge in [-0.1, -0.05) is 20.3 Å². The van der Waals surface area contributed by atoms with Crippen molar-refractivity contribution < 1.29 is 9.85 Å². The Labute approximate surface area is 122 Å². The summed E-state index contributed by atoms with van der Waals surface area (Å²) in [6.07, 6.45) is 4.50. The highest BCUT2D eigenvalue weighted by Gasteiger charge is 2.18. The number of hydrogen-bond acceptors (Lipinski definition) is 6. The minimum Gasteiger partial charge on any atom is -0.272 e. The van der Waals surface area contributed by atoms with Crippen molar-refractivity contribution in [3.63, 3.8) is 0 Å². The first kappa shape index (κ1) is 16.5. The van der Waals surface area contributed by atoms with Gasteiger partial charge in [-0.2, -0.15) is 5.10 Å². The molecule has 1 aromatic rings. The molecule has 8 nitrogen and oxygen atoms in total. The second-order valence-electron chi connectivity index (χ2n) is 4.73. The fourth-order valence-electron chi connectivity index (χ4n) is 1.62. The van der Waals surface area contributed by atoms with Crippen LogP contribution >= 0.6 is 0 Å². The van der Waals surface area contributed by atoms with Gasteiger partial charge in [-0.15, -0.1) is 0 Å². The Bertz CT molecular complexity index is 545. The van der Waals surface area contributed by atoms with Crippen LogP contribution in [0, 0.1) is 26.1 Å². The molecule has 114 valence electrons. The van der Waals surface area contributed by atoms with Crippen LogP contribution in [0.3, 0.4) is 0 Å². The number of hydrazone groups is 1. The number of nitro groups is 2. The number of benzene rings is 1. The first-order chi connectivity index (χ1) is 9.95. The number of non-ortho nitro benzene ring substituents is 1. The Morgan fingerprint density at radius 3 is 2.62 bits per heavy atom. The van der Waals surface area contributed by atoms with Gasteiger partial charge in [-0.3, -0.25) is 25.7 Å². The summed E-state index contributed by atoms with van der Waals surface area (Å²) in [5, 5.41) is 25.4. The summed E-state index contributed by atoms with van der Waals surface area (Å²) in [7, 11) is 0. The zero-order chi connectivity index (χ0) is 15.8. The summed E-state index contributed by atoms with van der Waals surface area (Å²) >= 11 is 0. The lowest BCUT2D eigenvalue weighted by Crippen LogP contribution is -1.99. The third-order valence-electron chi connectivity index (χ3n) is 3.15. The van der Waals surface area contributed by atoms with Crippen molar-refractivity contribution in [2.45, 2.75) is 33.1 Å². The third kappa shape index (κ3) is 5.17. The highest BCUT2D eigenvalue weighted by molar-refractivity contribution is 5.67. The number of anilines is 1. The molecule has 0 bridgehead atoms. The largest absolute Gasteiger partial charge is 0.301 e. The summed E-state index contributed by atoms with van der Waals surface area (Å²) in [5.74, 6) is 0.602. The molecule has 1 atom stereocenters. The quantitative estimate of drug-likeness (QED) is 0.446. The molecule has 1 rings (SSSR count). The van der Waals surface area contributed by atoms with E-state index in [1.165, 1.54) is 12.1 Å². The molecule has 0 amide bonds. The number of nitrogens with zero attached hydrogens (tertiary/aromatic N) is 3. The van der Waals surface area contributed by atoms with Gasteiger partial charge in [-0.05, 0) is 24.8 Å². The van der Waals surface area contributed by atoms with Crippen LogP contribution in [0.1, 0.15) is 33.1 Å². The minimum atomic E-state index is -0.677. The predicted octanol–water partition coefficient (Wildman–Crippen LogP) is 3.73. The van der Waals surface area contributed by atoms with Gasteiger partial charge in [0.25, 0.3) is 5.69 Å². The number of rotatable bonds is 8. The number of nitrogens with one attached hydrogen (secondary N) is 1. The van der Waals surface area contributed by atoms with Crippen LogP contribution in [0.15, 0.2) is 23.3 Å². The maximum atomic E-state index is 10.9. The lowest BCUT2D eigenvalue weighted by Gasteiger charge is -2.04. The second-order valence-corrected chi connectivity index (χ2v) is 4.73. The molecule has 0 aromatic heterocycles. The molecule has 0 radical (unpaired) electrons. The average molecular weight is 294 g/mol. The molecule has 0 aliphatic heterocycles. The minimum absolute atomic E-state index is 0.130. The molecule has 21 heavy (non-hydrogen) atoms. The van der Waals surface area contributed by atoms with E-state index >= 15 is 0 Å². The van der Waals surface area contributed by atoms with E-state index in [2.05, 4.69) is 24.4 Å². The van der Waals surface area contributed by atoms with Gasteiger partial charge in [0.15, 0.2) is 0 Å². The molecule has 1 N–H and O–H groups in total. The van der Waals surface area contributed by atoms with E-state index in [-0.39, 0.29) is 17.1 Å². The van der Waals surface area contributed by atoms with Crippen LogP contribution in [0.5, 0.6) is 0 Å². The Balaban J connectivity index is 2.72. The van der Waals surface area contributed by atoms with Gasteiger partial charge in [0, 0.05) is 12.3 Å². The van der Waals surface area contributed by atoms with Gasteiger partial charge in [-0.25, -0.2) is 0 Å². The van der Waals surface area contributed by atoms with E-state index in [9.17, 15) is 20.2 Å². The normalized spacial score (nSPS) is 12.3. The molecule has 1 unspecified atom stereocenters. The molecular weight excluding hydrogens is 276 g/mol. The van der Waals surface area contributed by atoms with Crippen LogP contribution in [0.2, 0.25) is 0 Å². The average Bonchev–Trinajstić information content (AvgIpc) is 2.46. The standard InChI is InChI=1S/C13H18N4O4/c1-3-10(2)5-4-8-14-15-12-7-6-11(16(18)19)9-13(12)17(20)21/h6-10,15H,3-5H2,1-2H3/b14-8-. The predicted molar refractivity (Wildman–Crippen MR) is 80.6 cm³/mol. The number of nitro benzene ring substituents is 2. The summed E-state index contributed by atoms with van der Waals surface area (Å²) in [6, 6.07) is 3.39. The molecular formula is C13H18N4O4. The summed E-state index contributed by atoms with van der Waals surface area (Å²) in [5.41, 5.74) is 1.99. The SMILES string of the molecule is CCC(C)CC/C=N\Nc1ccc([N+](=O)[O-])cc1[N+](=O)[O-]. The lowest BCUT2D eigenvalue weighted by atomic mass is 10.0. The Kier molecular flexibility index (Phi) is 6.25. The lowest BCUT2D eigenvalue weighted by molar-refractivity contribution is -0.393. The van der Waals surface area contributed by atoms with Crippen LogP contribution in [0.25, 0.3) is 0 Å². The molecule has 0 saturated carbocycles. The van der Waals surface area contributed by atoms with Gasteiger partial charge < -0.3 is 0 Å². The topological polar surface area (TPSA) is 111 Å². The van der Waals surface area contributed by atoms with E-state index in [1.807, 2.05) is 0 Å². The van der Waals surface area contributed by atoms with E-state index < -0.39 is 9.85 Å². The van der Waals surface area contributed by atoms with Gasteiger partial charge in [0.05, 0.1) is 15.9 Å². The Morgan fingerprint density at radius 1 is 1.33 bits per heavy atom. The van der Waals surface area contributed by atoms with Gasteiger partial charge >= 0.3 is 5.69 Å². The number of hydrogen-bond donors (Lipinski definition) is 1. The third-order valence-corrected chi connectivity index (χ3v) is 3.15. The molecule has 0 aliphatic carbocycles. The van der Waals surface area contributed by atoms with Crippen LogP contribution in [-0.4, -0.2) is 16.1 Å². The molecule has 0 spiro atoms. The van der Waals surface area contributed by atoms with Crippen LogP contribution in [0.4, 0.5) is 17.1 Å². The summed E-state index contributed by atoms with van der Waals surface area (Å²) in [4.78, 5) is 20.2. The van der Waals surface area contributed by atoms with E-state index in [1.54, 1.807) is 6.21 Å². The fraction of sp³-hybridized carbons (Fsp3) is 0.462. The second kappa shape index (κ2) is 7.93. The molecule has 0 saturated heterocycles. The van der Waals surface area contributed by atoms with Crippen LogP contribution < -0.4 is 5.43 Å². The Hall–Kier alpha value is -2.51. The maximum absolute atomic E-state index is 10.9. The van der Waals surface area contributed by atoms with Gasteiger partial charge in [0.1, 0.15) is 5.69 Å². The monoisotopic (exact) mass is 294 g/mol. The molecule has 0 fully saturated rings. The first-order valence-corrected chi connectivity index (χ1v) is 6.66.